The number of amides is 2. The lowest BCUT2D eigenvalue weighted by atomic mass is 9.95. The highest BCUT2D eigenvalue weighted by atomic mass is 16.5. The second-order valence-electron chi connectivity index (χ2n) is 8.43. The molecular formula is C27H37N3O4. The maximum atomic E-state index is 12.9. The summed E-state index contributed by atoms with van der Waals surface area (Å²) >= 11 is 0. The molecule has 3 rings (SSSR count). The summed E-state index contributed by atoms with van der Waals surface area (Å²) < 4.78 is 11.6. The van der Waals surface area contributed by atoms with Gasteiger partial charge in [0.1, 0.15) is 18.1 Å². The summed E-state index contributed by atoms with van der Waals surface area (Å²) in [5.74, 6) is 1.39. The molecule has 7 nitrogen and oxygen atoms in total. The zero-order chi connectivity index (χ0) is 24.2. The first kappa shape index (κ1) is 25.6. The second kappa shape index (κ2) is 13.6. The number of ether oxygens (including phenoxy) is 2. The number of anilines is 1. The van der Waals surface area contributed by atoms with Crippen molar-refractivity contribution in [1.82, 2.24) is 9.80 Å². The third kappa shape index (κ3) is 7.76. The Labute approximate surface area is 203 Å². The molecule has 34 heavy (non-hydrogen) atoms. The Kier molecular flexibility index (Phi) is 10.2. The maximum Gasteiger partial charge on any atom is 0.227 e. The lowest BCUT2D eigenvalue weighted by Gasteiger charge is -2.31. The van der Waals surface area contributed by atoms with Crippen LogP contribution in [0.2, 0.25) is 0 Å². The molecule has 0 unspecified atom stereocenters. The number of benzene rings is 2. The topological polar surface area (TPSA) is 71.1 Å². The maximum absolute atomic E-state index is 12.9. The number of likely N-dealkylation sites (tertiary alicyclic amines) is 1. The third-order valence-corrected chi connectivity index (χ3v) is 6.25. The number of carbonyl (C=O) groups is 2. The third-order valence-electron chi connectivity index (χ3n) is 6.25. The van der Waals surface area contributed by atoms with E-state index in [0.29, 0.717) is 57.0 Å². The Bertz CT molecular complexity index is 894. The number of piperidine rings is 1. The van der Waals surface area contributed by atoms with E-state index in [1.165, 1.54) is 0 Å². The summed E-state index contributed by atoms with van der Waals surface area (Å²) in [5.41, 5.74) is 0.698. The molecule has 1 fully saturated rings. The van der Waals surface area contributed by atoms with Crippen LogP contribution in [0.4, 0.5) is 5.69 Å². The highest BCUT2D eigenvalue weighted by Crippen LogP contribution is 2.26. The molecule has 1 aliphatic heterocycles. The van der Waals surface area contributed by atoms with Gasteiger partial charge in [0, 0.05) is 25.6 Å². The monoisotopic (exact) mass is 467 g/mol. The summed E-state index contributed by atoms with van der Waals surface area (Å²) in [6.07, 6.45) is 1.65. The van der Waals surface area contributed by atoms with Crippen LogP contribution < -0.4 is 14.8 Å². The van der Waals surface area contributed by atoms with Crippen molar-refractivity contribution in [3.05, 3.63) is 54.6 Å². The standard InChI is InChI=1S/C27H37N3O4/c1-3-29(4-2)19-21-34-25-13-9-8-12-24(25)28-27(32)22-14-17-30(18-15-22)26(31)16-20-33-23-10-6-5-7-11-23/h5-13,22H,3-4,14-21H2,1-2H3,(H,28,32). The number of nitrogens with zero attached hydrogens (tertiary/aromatic N) is 2. The van der Waals surface area contributed by atoms with E-state index in [2.05, 4.69) is 24.1 Å². The van der Waals surface area contributed by atoms with Gasteiger partial charge in [-0.25, -0.2) is 0 Å². The average Bonchev–Trinajstić information content (AvgIpc) is 2.88. The molecule has 184 valence electrons. The van der Waals surface area contributed by atoms with E-state index in [1.807, 2.05) is 59.5 Å². The van der Waals surface area contributed by atoms with Crippen molar-refractivity contribution in [1.29, 1.82) is 0 Å². The van der Waals surface area contributed by atoms with Crippen LogP contribution in [0.25, 0.3) is 0 Å². The fourth-order valence-electron chi connectivity index (χ4n) is 4.08. The molecule has 2 amide bonds. The van der Waals surface area contributed by atoms with Gasteiger partial charge in [0.15, 0.2) is 0 Å². The molecule has 1 aliphatic rings. The van der Waals surface area contributed by atoms with Gasteiger partial charge < -0.3 is 24.6 Å². The molecule has 0 bridgehead atoms. The summed E-state index contributed by atoms with van der Waals surface area (Å²) in [6, 6.07) is 17.1. The molecule has 1 heterocycles. The van der Waals surface area contributed by atoms with Gasteiger partial charge in [-0.05, 0) is 50.2 Å². The highest BCUT2D eigenvalue weighted by molar-refractivity contribution is 5.94. The van der Waals surface area contributed by atoms with Crippen LogP contribution in [0.5, 0.6) is 11.5 Å². The van der Waals surface area contributed by atoms with Gasteiger partial charge in [0.05, 0.1) is 18.7 Å². The van der Waals surface area contributed by atoms with E-state index < -0.39 is 0 Å². The summed E-state index contributed by atoms with van der Waals surface area (Å²) in [5, 5.41) is 3.04. The van der Waals surface area contributed by atoms with Crippen LogP contribution in [0, 0.1) is 5.92 Å². The normalized spacial score (nSPS) is 14.1. The van der Waals surface area contributed by atoms with Gasteiger partial charge in [-0.15, -0.1) is 0 Å². The zero-order valence-electron chi connectivity index (χ0n) is 20.4. The molecule has 1 N–H and O–H groups in total. The molecular weight excluding hydrogens is 430 g/mol. The first-order valence-corrected chi connectivity index (χ1v) is 12.3. The van der Waals surface area contributed by atoms with Crippen molar-refractivity contribution in [2.24, 2.45) is 5.92 Å². The zero-order valence-corrected chi connectivity index (χ0v) is 20.4. The predicted molar refractivity (Wildman–Crippen MR) is 134 cm³/mol. The number of likely N-dealkylation sites (N-methyl/N-ethyl adjacent to an activating group) is 1. The van der Waals surface area contributed by atoms with Crippen LogP contribution in [-0.2, 0) is 9.59 Å². The first-order chi connectivity index (χ1) is 16.6. The number of nitrogens with one attached hydrogen (secondary N) is 1. The minimum atomic E-state index is -0.117. The van der Waals surface area contributed by atoms with Crippen molar-refractivity contribution in [3.8, 4) is 11.5 Å². The minimum Gasteiger partial charge on any atom is -0.493 e. The van der Waals surface area contributed by atoms with E-state index in [1.54, 1.807) is 0 Å². The van der Waals surface area contributed by atoms with Crippen molar-refractivity contribution in [2.75, 3.05) is 51.3 Å². The van der Waals surface area contributed by atoms with E-state index >= 15 is 0 Å². The predicted octanol–water partition coefficient (Wildman–Crippen LogP) is 4.05. The molecule has 0 aliphatic carbocycles. The number of hydrogen-bond donors (Lipinski definition) is 1. The van der Waals surface area contributed by atoms with Crippen LogP contribution in [0.3, 0.4) is 0 Å². The van der Waals surface area contributed by atoms with Gasteiger partial charge in [0.2, 0.25) is 11.8 Å². The van der Waals surface area contributed by atoms with Crippen molar-refractivity contribution in [2.45, 2.75) is 33.1 Å². The van der Waals surface area contributed by atoms with E-state index in [9.17, 15) is 9.59 Å². The van der Waals surface area contributed by atoms with Crippen LogP contribution in [0.1, 0.15) is 33.1 Å². The summed E-state index contributed by atoms with van der Waals surface area (Å²) in [7, 11) is 0. The first-order valence-electron chi connectivity index (χ1n) is 12.3. The van der Waals surface area contributed by atoms with E-state index in [-0.39, 0.29) is 17.7 Å². The van der Waals surface area contributed by atoms with Gasteiger partial charge in [-0.3, -0.25) is 9.59 Å². The lowest BCUT2D eigenvalue weighted by molar-refractivity contribution is -0.135. The average molecular weight is 468 g/mol. The van der Waals surface area contributed by atoms with Gasteiger partial charge >= 0.3 is 0 Å². The summed E-state index contributed by atoms with van der Waals surface area (Å²) in [4.78, 5) is 29.6. The number of hydrogen-bond acceptors (Lipinski definition) is 5. The van der Waals surface area contributed by atoms with Gasteiger partial charge in [0.25, 0.3) is 0 Å². The van der Waals surface area contributed by atoms with Crippen molar-refractivity contribution in [3.63, 3.8) is 0 Å². The molecule has 2 aromatic rings. The largest absolute Gasteiger partial charge is 0.493 e. The fraction of sp³-hybridized carbons (Fsp3) is 0.481. The minimum absolute atomic E-state index is 0.0145. The molecule has 2 aromatic carbocycles. The van der Waals surface area contributed by atoms with Crippen molar-refractivity contribution < 1.29 is 19.1 Å². The molecule has 0 atom stereocenters. The van der Waals surface area contributed by atoms with Gasteiger partial charge in [-0.2, -0.15) is 0 Å². The fourth-order valence-corrected chi connectivity index (χ4v) is 4.08. The molecule has 0 radical (unpaired) electrons. The number of rotatable bonds is 12. The molecule has 0 aromatic heterocycles. The Balaban J connectivity index is 1.42. The van der Waals surface area contributed by atoms with Crippen LogP contribution in [-0.4, -0.2) is 67.6 Å². The highest BCUT2D eigenvalue weighted by Gasteiger charge is 2.27. The quantitative estimate of drug-likeness (QED) is 0.510. The van der Waals surface area contributed by atoms with E-state index in [4.69, 9.17) is 9.47 Å². The number of carbonyl (C=O) groups excluding carboxylic acids is 2. The lowest BCUT2D eigenvalue weighted by Crippen LogP contribution is -2.41. The smallest absolute Gasteiger partial charge is 0.227 e. The molecule has 0 saturated carbocycles. The van der Waals surface area contributed by atoms with Crippen LogP contribution >= 0.6 is 0 Å². The van der Waals surface area contributed by atoms with Gasteiger partial charge in [-0.1, -0.05) is 44.2 Å². The van der Waals surface area contributed by atoms with Crippen LogP contribution in [0.15, 0.2) is 54.6 Å². The molecule has 0 spiro atoms. The SMILES string of the molecule is CCN(CC)CCOc1ccccc1NC(=O)C1CCN(C(=O)CCOc2ccccc2)CC1. The number of para-hydroxylation sites is 3. The Hall–Kier alpha value is -3.06. The Morgan fingerprint density at radius 3 is 2.32 bits per heavy atom. The second-order valence-corrected chi connectivity index (χ2v) is 8.43. The van der Waals surface area contributed by atoms with Crippen molar-refractivity contribution >= 4 is 17.5 Å². The van der Waals surface area contributed by atoms with E-state index in [0.717, 1.165) is 25.4 Å². The summed E-state index contributed by atoms with van der Waals surface area (Å²) in [6.45, 7) is 9.19. The Morgan fingerprint density at radius 1 is 0.941 bits per heavy atom. The molecule has 7 heteroatoms. The molecule has 1 saturated heterocycles. The Morgan fingerprint density at radius 2 is 1.62 bits per heavy atom.